The normalized spacial score (nSPS) is 11.4. The Bertz CT molecular complexity index is 691. The summed E-state index contributed by atoms with van der Waals surface area (Å²) < 4.78 is 31.0. The highest BCUT2D eigenvalue weighted by Gasteiger charge is 2.14. The Balaban J connectivity index is 1.96. The van der Waals surface area contributed by atoms with Crippen molar-refractivity contribution < 1.29 is 22.7 Å². The van der Waals surface area contributed by atoms with Crippen molar-refractivity contribution in [3.8, 4) is 0 Å². The molecule has 6 nitrogen and oxygen atoms in total. The van der Waals surface area contributed by atoms with Crippen LogP contribution in [0.5, 0.6) is 0 Å². The minimum atomic E-state index is -3.50. The maximum Gasteiger partial charge on any atom is 0.371 e. The summed E-state index contributed by atoms with van der Waals surface area (Å²) in [6, 6.07) is 11.5. The van der Waals surface area contributed by atoms with Gasteiger partial charge in [-0.15, -0.1) is 0 Å². The molecular weight excluding hydrogens is 282 g/mol. The van der Waals surface area contributed by atoms with E-state index in [4.69, 9.17) is 9.52 Å². The second-order valence-corrected chi connectivity index (χ2v) is 5.94. The molecular formula is C13H13NO5S. The molecule has 0 fully saturated rings. The Morgan fingerprint density at radius 3 is 2.45 bits per heavy atom. The number of benzene rings is 1. The van der Waals surface area contributed by atoms with E-state index in [0.29, 0.717) is 5.56 Å². The summed E-state index contributed by atoms with van der Waals surface area (Å²) in [4.78, 5) is 10.6. The Labute approximate surface area is 116 Å². The van der Waals surface area contributed by atoms with Gasteiger partial charge in [0.05, 0.1) is 12.3 Å². The van der Waals surface area contributed by atoms with E-state index in [2.05, 4.69) is 4.72 Å². The van der Waals surface area contributed by atoms with E-state index < -0.39 is 16.0 Å². The molecule has 0 aliphatic heterocycles. The molecule has 0 saturated heterocycles. The molecule has 1 heterocycles. The lowest BCUT2D eigenvalue weighted by atomic mass is 10.2. The third-order valence-electron chi connectivity index (χ3n) is 2.54. The monoisotopic (exact) mass is 295 g/mol. The van der Waals surface area contributed by atoms with Crippen LogP contribution in [0.4, 0.5) is 0 Å². The van der Waals surface area contributed by atoms with Gasteiger partial charge < -0.3 is 9.52 Å². The van der Waals surface area contributed by atoms with Gasteiger partial charge in [-0.05, 0) is 17.7 Å². The molecule has 1 aromatic carbocycles. The van der Waals surface area contributed by atoms with Crippen molar-refractivity contribution >= 4 is 16.0 Å². The number of sulfonamides is 1. The average molecular weight is 295 g/mol. The zero-order chi connectivity index (χ0) is 14.6. The van der Waals surface area contributed by atoms with Gasteiger partial charge in [-0.2, -0.15) is 0 Å². The Morgan fingerprint density at radius 2 is 1.85 bits per heavy atom. The lowest BCUT2D eigenvalue weighted by Gasteiger charge is -2.05. The number of hydrogen-bond acceptors (Lipinski definition) is 4. The van der Waals surface area contributed by atoms with Crippen LogP contribution in [0.2, 0.25) is 0 Å². The van der Waals surface area contributed by atoms with E-state index in [1.165, 1.54) is 12.1 Å². The van der Waals surface area contributed by atoms with Crippen LogP contribution >= 0.6 is 0 Å². The van der Waals surface area contributed by atoms with Gasteiger partial charge in [0.25, 0.3) is 0 Å². The number of rotatable bonds is 6. The first-order chi connectivity index (χ1) is 9.46. The predicted octanol–water partition coefficient (Wildman–Crippen LogP) is 1.60. The molecule has 0 spiro atoms. The molecule has 0 atom stereocenters. The average Bonchev–Trinajstić information content (AvgIpc) is 2.86. The fourth-order valence-corrected chi connectivity index (χ4v) is 2.71. The van der Waals surface area contributed by atoms with E-state index in [1.54, 1.807) is 30.3 Å². The largest absolute Gasteiger partial charge is 0.475 e. The first kappa shape index (κ1) is 14.3. The SMILES string of the molecule is O=C(O)c1ccc(CNS(=O)(=O)Cc2ccccc2)o1. The van der Waals surface area contributed by atoms with Gasteiger partial charge in [0.2, 0.25) is 15.8 Å². The van der Waals surface area contributed by atoms with E-state index >= 15 is 0 Å². The van der Waals surface area contributed by atoms with Crippen LogP contribution in [0.1, 0.15) is 21.9 Å². The van der Waals surface area contributed by atoms with Crippen molar-refractivity contribution in [2.45, 2.75) is 12.3 Å². The van der Waals surface area contributed by atoms with Crippen molar-refractivity contribution in [1.29, 1.82) is 0 Å². The first-order valence-corrected chi connectivity index (χ1v) is 7.45. The number of carbonyl (C=O) groups is 1. The molecule has 0 radical (unpaired) electrons. The summed E-state index contributed by atoms with van der Waals surface area (Å²) in [6.45, 7) is -0.0809. The van der Waals surface area contributed by atoms with Crippen molar-refractivity contribution in [2.75, 3.05) is 0 Å². The van der Waals surface area contributed by atoms with Crippen LogP contribution in [-0.2, 0) is 22.3 Å². The molecule has 1 aromatic heterocycles. The van der Waals surface area contributed by atoms with Crippen LogP contribution in [0, 0.1) is 0 Å². The summed E-state index contributed by atoms with van der Waals surface area (Å²) in [5, 5.41) is 8.69. The molecule has 2 N–H and O–H groups in total. The van der Waals surface area contributed by atoms with E-state index in [9.17, 15) is 13.2 Å². The number of hydrogen-bond donors (Lipinski definition) is 2. The maximum atomic E-state index is 11.8. The summed E-state index contributed by atoms with van der Waals surface area (Å²) >= 11 is 0. The Kier molecular flexibility index (Phi) is 4.21. The molecule has 106 valence electrons. The van der Waals surface area contributed by atoms with Crippen LogP contribution in [0.25, 0.3) is 0 Å². The molecule has 20 heavy (non-hydrogen) atoms. The summed E-state index contributed by atoms with van der Waals surface area (Å²) in [6.07, 6.45) is 0. The van der Waals surface area contributed by atoms with Gasteiger partial charge in [0, 0.05) is 0 Å². The topological polar surface area (TPSA) is 96.6 Å². The molecule has 0 amide bonds. The number of furan rings is 1. The van der Waals surface area contributed by atoms with E-state index in [0.717, 1.165) is 0 Å². The molecule has 0 aliphatic rings. The van der Waals surface area contributed by atoms with Crippen molar-refractivity contribution in [1.82, 2.24) is 4.72 Å². The fraction of sp³-hybridized carbons (Fsp3) is 0.154. The fourth-order valence-electron chi connectivity index (χ4n) is 1.61. The molecule has 0 unspecified atom stereocenters. The van der Waals surface area contributed by atoms with Gasteiger partial charge in [-0.1, -0.05) is 30.3 Å². The molecule has 7 heteroatoms. The minimum absolute atomic E-state index is 0.0809. The minimum Gasteiger partial charge on any atom is -0.475 e. The molecule has 0 saturated carbocycles. The number of carboxylic acids is 1. The standard InChI is InChI=1S/C13H13NO5S/c15-13(16)12-7-6-11(19-12)8-14-20(17,18)9-10-4-2-1-3-5-10/h1-7,14H,8-9H2,(H,15,16). The molecule has 2 rings (SSSR count). The molecule has 2 aromatic rings. The summed E-state index contributed by atoms with van der Waals surface area (Å²) in [5.41, 5.74) is 0.672. The highest BCUT2D eigenvalue weighted by molar-refractivity contribution is 7.88. The third kappa shape index (κ3) is 3.94. The number of carboxylic acid groups (broad SMARTS) is 1. The maximum absolute atomic E-state index is 11.8. The van der Waals surface area contributed by atoms with Gasteiger partial charge in [0.15, 0.2) is 0 Å². The second kappa shape index (κ2) is 5.89. The molecule has 0 bridgehead atoms. The van der Waals surface area contributed by atoms with Gasteiger partial charge in [-0.25, -0.2) is 17.9 Å². The van der Waals surface area contributed by atoms with Gasteiger partial charge in [-0.3, -0.25) is 0 Å². The Morgan fingerprint density at radius 1 is 1.15 bits per heavy atom. The van der Waals surface area contributed by atoms with Crippen molar-refractivity contribution in [3.63, 3.8) is 0 Å². The number of aromatic carboxylic acids is 1. The quantitative estimate of drug-likeness (QED) is 0.843. The second-order valence-electron chi connectivity index (χ2n) is 4.14. The summed E-state index contributed by atoms with van der Waals surface area (Å²) in [7, 11) is -3.50. The van der Waals surface area contributed by atoms with E-state index in [-0.39, 0.29) is 23.8 Å². The lowest BCUT2D eigenvalue weighted by Crippen LogP contribution is -2.24. The van der Waals surface area contributed by atoms with Gasteiger partial charge in [0.1, 0.15) is 5.76 Å². The number of nitrogens with one attached hydrogen (secondary N) is 1. The Hall–Kier alpha value is -2.12. The van der Waals surface area contributed by atoms with Gasteiger partial charge >= 0.3 is 5.97 Å². The molecule has 0 aliphatic carbocycles. The van der Waals surface area contributed by atoms with Crippen LogP contribution < -0.4 is 4.72 Å². The smallest absolute Gasteiger partial charge is 0.371 e. The third-order valence-corrected chi connectivity index (χ3v) is 3.84. The van der Waals surface area contributed by atoms with Crippen LogP contribution in [0.15, 0.2) is 46.9 Å². The highest BCUT2D eigenvalue weighted by Crippen LogP contribution is 2.09. The zero-order valence-electron chi connectivity index (χ0n) is 10.4. The summed E-state index contributed by atoms with van der Waals surface area (Å²) in [5.74, 6) is -1.30. The zero-order valence-corrected chi connectivity index (χ0v) is 11.3. The van der Waals surface area contributed by atoms with Crippen molar-refractivity contribution in [3.05, 3.63) is 59.5 Å². The van der Waals surface area contributed by atoms with Crippen LogP contribution in [0.3, 0.4) is 0 Å². The van der Waals surface area contributed by atoms with E-state index in [1.807, 2.05) is 0 Å². The first-order valence-electron chi connectivity index (χ1n) is 5.79. The van der Waals surface area contributed by atoms with Crippen molar-refractivity contribution in [2.24, 2.45) is 0 Å². The lowest BCUT2D eigenvalue weighted by molar-refractivity contribution is 0.0660. The highest BCUT2D eigenvalue weighted by atomic mass is 32.2. The van der Waals surface area contributed by atoms with Crippen LogP contribution in [-0.4, -0.2) is 19.5 Å². The predicted molar refractivity (Wildman–Crippen MR) is 71.6 cm³/mol.